The summed E-state index contributed by atoms with van der Waals surface area (Å²) in [6.07, 6.45) is 2.37. The summed E-state index contributed by atoms with van der Waals surface area (Å²) in [5.41, 5.74) is 0.320. The molecule has 0 saturated carbocycles. The van der Waals surface area contributed by atoms with Crippen LogP contribution >= 0.6 is 0 Å². The fraction of sp³-hybridized carbons (Fsp3) is 0.417. The molecule has 5 N–H and O–H groups in total. The molecule has 0 atom stereocenters. The third-order valence-corrected chi connectivity index (χ3v) is 2.28. The predicted molar refractivity (Wildman–Crippen MR) is 67.7 cm³/mol. The molecule has 0 fully saturated rings. The van der Waals surface area contributed by atoms with Gasteiger partial charge in [-0.1, -0.05) is 0 Å². The molecule has 100 valence electrons. The van der Waals surface area contributed by atoms with Crippen LogP contribution in [0.25, 0.3) is 0 Å². The van der Waals surface area contributed by atoms with Crippen LogP contribution in [0.5, 0.6) is 11.5 Å². The van der Waals surface area contributed by atoms with Gasteiger partial charge in [-0.2, -0.15) is 0 Å². The van der Waals surface area contributed by atoms with Crippen molar-refractivity contribution in [3.05, 3.63) is 18.2 Å². The molecule has 0 bridgehead atoms. The molecule has 0 radical (unpaired) electrons. The molecule has 18 heavy (non-hydrogen) atoms. The molecule has 0 heterocycles. The Morgan fingerprint density at radius 1 is 1.06 bits per heavy atom. The number of hydrogen-bond acceptors (Lipinski definition) is 4. The van der Waals surface area contributed by atoms with Crippen LogP contribution in [0.2, 0.25) is 0 Å². The zero-order valence-electron chi connectivity index (χ0n) is 10.0. The van der Waals surface area contributed by atoms with Crippen LogP contribution in [0.15, 0.2) is 18.2 Å². The lowest BCUT2D eigenvalue weighted by Crippen LogP contribution is -2.29. The minimum Gasteiger partial charge on any atom is -0.508 e. The number of aromatic hydroxyl groups is 2. The van der Waals surface area contributed by atoms with Crippen molar-refractivity contribution in [3.8, 4) is 11.5 Å². The predicted octanol–water partition coefficient (Wildman–Crippen LogP) is 1.38. The zero-order valence-corrected chi connectivity index (χ0v) is 10.0. The summed E-state index contributed by atoms with van der Waals surface area (Å²) in [6, 6.07) is 3.46. The second-order valence-corrected chi connectivity index (χ2v) is 3.90. The van der Waals surface area contributed by atoms with Gasteiger partial charge < -0.3 is 26.0 Å². The Bertz CT molecular complexity index is 375. The molecule has 0 aliphatic carbocycles. The van der Waals surface area contributed by atoms with Crippen LogP contribution in [-0.4, -0.2) is 34.5 Å². The zero-order chi connectivity index (χ0) is 13.4. The number of phenolic OH excluding ortho intramolecular Hbond substituents is 2. The van der Waals surface area contributed by atoms with Crippen LogP contribution < -0.4 is 10.6 Å². The van der Waals surface area contributed by atoms with Gasteiger partial charge in [-0.3, -0.25) is 0 Å². The number of aliphatic hydroxyl groups is 1. The maximum Gasteiger partial charge on any atom is 0.319 e. The van der Waals surface area contributed by atoms with E-state index in [-0.39, 0.29) is 18.1 Å². The summed E-state index contributed by atoms with van der Waals surface area (Å²) < 4.78 is 0. The molecule has 1 rings (SSSR count). The first kappa shape index (κ1) is 14.1. The summed E-state index contributed by atoms with van der Waals surface area (Å²) in [7, 11) is 0. The molecule has 0 spiro atoms. The van der Waals surface area contributed by atoms with Crippen LogP contribution in [-0.2, 0) is 0 Å². The summed E-state index contributed by atoms with van der Waals surface area (Å²) in [5, 5.41) is 32.2. The molecule has 1 aromatic rings. The van der Waals surface area contributed by atoms with Gasteiger partial charge in [0.2, 0.25) is 0 Å². The first-order chi connectivity index (χ1) is 8.61. The lowest BCUT2D eigenvalue weighted by Gasteiger charge is -2.08. The SMILES string of the molecule is O=C(NCCCCCO)Nc1cc(O)cc(O)c1. The van der Waals surface area contributed by atoms with Crippen molar-refractivity contribution < 1.29 is 20.1 Å². The number of unbranched alkanes of at least 4 members (excludes halogenated alkanes) is 2. The third-order valence-electron chi connectivity index (χ3n) is 2.28. The van der Waals surface area contributed by atoms with E-state index >= 15 is 0 Å². The van der Waals surface area contributed by atoms with Crippen LogP contribution in [0.4, 0.5) is 10.5 Å². The second kappa shape index (κ2) is 7.39. The Morgan fingerprint density at radius 2 is 1.72 bits per heavy atom. The molecular weight excluding hydrogens is 236 g/mol. The van der Waals surface area contributed by atoms with Gasteiger partial charge >= 0.3 is 6.03 Å². The minimum atomic E-state index is -0.399. The largest absolute Gasteiger partial charge is 0.508 e. The Hall–Kier alpha value is -1.95. The number of aliphatic hydroxyl groups excluding tert-OH is 1. The van der Waals surface area contributed by atoms with Crippen LogP contribution in [0.1, 0.15) is 19.3 Å². The van der Waals surface area contributed by atoms with E-state index in [1.807, 2.05) is 0 Å². The highest BCUT2D eigenvalue weighted by Crippen LogP contribution is 2.23. The Morgan fingerprint density at radius 3 is 2.33 bits per heavy atom. The first-order valence-electron chi connectivity index (χ1n) is 5.80. The lowest BCUT2D eigenvalue weighted by atomic mass is 10.2. The minimum absolute atomic E-state index is 0.117. The van der Waals surface area contributed by atoms with Gasteiger partial charge in [0.1, 0.15) is 11.5 Å². The number of carbonyl (C=O) groups excluding carboxylic acids is 1. The van der Waals surface area contributed by atoms with Crippen molar-refractivity contribution >= 4 is 11.7 Å². The van der Waals surface area contributed by atoms with Gasteiger partial charge in [-0.25, -0.2) is 4.79 Å². The fourth-order valence-corrected chi connectivity index (χ4v) is 1.46. The van der Waals surface area contributed by atoms with Gasteiger partial charge in [-0.05, 0) is 19.3 Å². The van der Waals surface area contributed by atoms with E-state index in [0.717, 1.165) is 19.3 Å². The highest BCUT2D eigenvalue weighted by atomic mass is 16.3. The lowest BCUT2D eigenvalue weighted by molar-refractivity contribution is 0.251. The average Bonchev–Trinajstić information content (AvgIpc) is 2.27. The molecule has 0 unspecified atom stereocenters. The molecule has 0 saturated heterocycles. The topological polar surface area (TPSA) is 102 Å². The second-order valence-electron chi connectivity index (χ2n) is 3.90. The van der Waals surface area contributed by atoms with E-state index in [1.165, 1.54) is 18.2 Å². The number of rotatable bonds is 6. The van der Waals surface area contributed by atoms with Crippen molar-refractivity contribution in [1.29, 1.82) is 0 Å². The number of hydrogen-bond donors (Lipinski definition) is 5. The Labute approximate surface area is 105 Å². The number of benzene rings is 1. The van der Waals surface area contributed by atoms with E-state index in [4.69, 9.17) is 5.11 Å². The van der Waals surface area contributed by atoms with Gasteiger partial charge in [0, 0.05) is 37.0 Å². The molecule has 2 amide bonds. The standard InChI is InChI=1S/C12H18N2O4/c15-5-3-1-2-4-13-12(18)14-9-6-10(16)8-11(17)7-9/h6-8,15-17H,1-5H2,(H2,13,14,18). The maximum atomic E-state index is 11.4. The first-order valence-corrected chi connectivity index (χ1v) is 5.80. The van der Waals surface area contributed by atoms with E-state index in [2.05, 4.69) is 10.6 Å². The number of urea groups is 1. The van der Waals surface area contributed by atoms with Crippen molar-refractivity contribution in [2.45, 2.75) is 19.3 Å². The summed E-state index contributed by atoms with van der Waals surface area (Å²) in [4.78, 5) is 11.4. The Kier molecular flexibility index (Phi) is 5.79. The van der Waals surface area contributed by atoms with Gasteiger partial charge in [0.25, 0.3) is 0 Å². The number of carbonyl (C=O) groups is 1. The van der Waals surface area contributed by atoms with Crippen molar-refractivity contribution in [3.63, 3.8) is 0 Å². The maximum absolute atomic E-state index is 11.4. The quantitative estimate of drug-likeness (QED) is 0.495. The fourth-order valence-electron chi connectivity index (χ4n) is 1.46. The van der Waals surface area contributed by atoms with E-state index in [9.17, 15) is 15.0 Å². The van der Waals surface area contributed by atoms with E-state index in [1.54, 1.807) is 0 Å². The molecule has 0 aliphatic heterocycles. The summed E-state index contributed by atoms with van der Waals surface area (Å²) in [6.45, 7) is 0.672. The van der Waals surface area contributed by atoms with Gasteiger partial charge in [0.05, 0.1) is 0 Å². The van der Waals surface area contributed by atoms with Crippen LogP contribution in [0.3, 0.4) is 0 Å². The summed E-state index contributed by atoms with van der Waals surface area (Å²) >= 11 is 0. The molecular formula is C12H18N2O4. The van der Waals surface area contributed by atoms with E-state index in [0.29, 0.717) is 12.2 Å². The average molecular weight is 254 g/mol. The summed E-state index contributed by atoms with van der Waals surface area (Å²) in [5.74, 6) is -0.235. The molecule has 1 aromatic carbocycles. The molecule has 0 aromatic heterocycles. The highest BCUT2D eigenvalue weighted by Gasteiger charge is 2.03. The van der Waals surface area contributed by atoms with E-state index < -0.39 is 6.03 Å². The smallest absolute Gasteiger partial charge is 0.319 e. The van der Waals surface area contributed by atoms with Gasteiger partial charge in [-0.15, -0.1) is 0 Å². The Balaban J connectivity index is 2.31. The van der Waals surface area contributed by atoms with Gasteiger partial charge in [0.15, 0.2) is 0 Å². The van der Waals surface area contributed by atoms with Crippen molar-refractivity contribution in [2.75, 3.05) is 18.5 Å². The number of anilines is 1. The number of nitrogens with one attached hydrogen (secondary N) is 2. The number of phenols is 2. The number of amides is 2. The van der Waals surface area contributed by atoms with Crippen LogP contribution in [0, 0.1) is 0 Å². The monoisotopic (exact) mass is 254 g/mol. The van der Waals surface area contributed by atoms with Crippen molar-refractivity contribution in [2.24, 2.45) is 0 Å². The van der Waals surface area contributed by atoms with Crippen molar-refractivity contribution in [1.82, 2.24) is 5.32 Å². The molecule has 6 heteroatoms. The molecule has 6 nitrogen and oxygen atoms in total. The highest BCUT2D eigenvalue weighted by molar-refractivity contribution is 5.89. The molecule has 0 aliphatic rings. The normalized spacial score (nSPS) is 10.1. The third kappa shape index (κ3) is 5.40.